The van der Waals surface area contributed by atoms with Crippen LogP contribution in [0.25, 0.3) is 10.8 Å². The zero-order chi connectivity index (χ0) is 19.2. The van der Waals surface area contributed by atoms with Gasteiger partial charge in [-0.1, -0.05) is 54.6 Å². The summed E-state index contributed by atoms with van der Waals surface area (Å²) in [5, 5.41) is 5.02. The van der Waals surface area contributed by atoms with Crippen LogP contribution in [0.15, 0.2) is 66.7 Å². The van der Waals surface area contributed by atoms with Crippen LogP contribution in [-0.2, 0) is 9.53 Å². The second-order valence-electron chi connectivity index (χ2n) is 6.17. The van der Waals surface area contributed by atoms with Gasteiger partial charge in [-0.15, -0.1) is 0 Å². The molecule has 0 spiro atoms. The fraction of sp³-hybridized carbons (Fsp3) is 0.136. The molecule has 1 atom stereocenters. The minimum absolute atomic E-state index is 0.228. The molecule has 0 saturated carbocycles. The first-order valence-electron chi connectivity index (χ1n) is 8.58. The molecule has 1 N–H and O–H groups in total. The Morgan fingerprint density at radius 1 is 1.00 bits per heavy atom. The first kappa shape index (κ1) is 18.3. The lowest BCUT2D eigenvalue weighted by Crippen LogP contribution is -2.31. The van der Waals surface area contributed by atoms with Gasteiger partial charge in [0.25, 0.3) is 5.91 Å². The Kier molecular flexibility index (Phi) is 5.61. The number of fused-ring (bicyclic) bond motifs is 1. The summed E-state index contributed by atoms with van der Waals surface area (Å²) < 4.78 is 5.05. The zero-order valence-electron chi connectivity index (χ0n) is 14.8. The van der Waals surface area contributed by atoms with E-state index in [1.807, 2.05) is 49.4 Å². The molecule has 3 aromatic rings. The average molecular weight is 361 g/mol. The molecule has 0 radical (unpaired) electrons. The van der Waals surface area contributed by atoms with Crippen LogP contribution in [0.5, 0.6) is 0 Å². The molecule has 0 unspecified atom stereocenters. The van der Waals surface area contributed by atoms with Crippen LogP contribution >= 0.6 is 0 Å². The van der Waals surface area contributed by atoms with Crippen molar-refractivity contribution in [2.45, 2.75) is 13.0 Å². The van der Waals surface area contributed by atoms with Crippen LogP contribution in [0, 0.1) is 0 Å². The minimum Gasteiger partial charge on any atom is -0.452 e. The van der Waals surface area contributed by atoms with Crippen molar-refractivity contribution in [2.24, 2.45) is 0 Å². The summed E-state index contributed by atoms with van der Waals surface area (Å²) in [4.78, 5) is 34.8. The quantitative estimate of drug-likeness (QED) is 0.537. The van der Waals surface area contributed by atoms with Gasteiger partial charge in [0.1, 0.15) is 6.29 Å². The predicted molar refractivity (Wildman–Crippen MR) is 103 cm³/mol. The monoisotopic (exact) mass is 361 g/mol. The third-order valence-electron chi connectivity index (χ3n) is 4.28. The molecule has 0 fully saturated rings. The number of hydrogen-bond acceptors (Lipinski definition) is 4. The van der Waals surface area contributed by atoms with E-state index in [1.54, 1.807) is 0 Å². The number of benzene rings is 3. The Bertz CT molecular complexity index is 974. The number of ether oxygens (including phenoxy) is 1. The van der Waals surface area contributed by atoms with E-state index in [0.29, 0.717) is 11.8 Å². The standard InChI is InChI=1S/C22H19NO4/c1-15(19-8-4-6-17-5-2-3-7-20(17)19)23-21(25)14-27-22(26)18-11-9-16(13-24)10-12-18/h2-13,15H,14H2,1H3,(H,23,25)/t15-/m0/s1. The molecule has 3 aromatic carbocycles. The molecular formula is C22H19NO4. The molecule has 5 nitrogen and oxygen atoms in total. The maximum Gasteiger partial charge on any atom is 0.338 e. The average Bonchev–Trinajstić information content (AvgIpc) is 2.71. The highest BCUT2D eigenvalue weighted by atomic mass is 16.5. The smallest absolute Gasteiger partial charge is 0.338 e. The van der Waals surface area contributed by atoms with Gasteiger partial charge in [0.05, 0.1) is 11.6 Å². The lowest BCUT2D eigenvalue weighted by molar-refractivity contribution is -0.124. The van der Waals surface area contributed by atoms with Gasteiger partial charge in [-0.3, -0.25) is 9.59 Å². The molecule has 1 amide bonds. The molecule has 136 valence electrons. The second kappa shape index (κ2) is 8.27. The van der Waals surface area contributed by atoms with Crippen LogP contribution in [0.2, 0.25) is 0 Å². The van der Waals surface area contributed by atoms with Crippen molar-refractivity contribution in [3.8, 4) is 0 Å². The van der Waals surface area contributed by atoms with Crippen molar-refractivity contribution in [3.05, 3.63) is 83.4 Å². The lowest BCUT2D eigenvalue weighted by atomic mass is 10.00. The summed E-state index contributed by atoms with van der Waals surface area (Å²) in [6.45, 7) is 1.52. The second-order valence-corrected chi connectivity index (χ2v) is 6.17. The summed E-state index contributed by atoms with van der Waals surface area (Å²) in [7, 11) is 0. The molecule has 0 aliphatic carbocycles. The van der Waals surface area contributed by atoms with E-state index in [1.165, 1.54) is 24.3 Å². The number of carbonyl (C=O) groups is 3. The van der Waals surface area contributed by atoms with Gasteiger partial charge < -0.3 is 10.1 Å². The largest absolute Gasteiger partial charge is 0.452 e. The van der Waals surface area contributed by atoms with Crippen molar-refractivity contribution in [2.75, 3.05) is 6.61 Å². The van der Waals surface area contributed by atoms with Gasteiger partial charge in [-0.2, -0.15) is 0 Å². The molecule has 3 rings (SSSR count). The van der Waals surface area contributed by atoms with Crippen LogP contribution < -0.4 is 5.32 Å². The van der Waals surface area contributed by atoms with Crippen molar-refractivity contribution < 1.29 is 19.1 Å². The van der Waals surface area contributed by atoms with E-state index in [4.69, 9.17) is 4.74 Å². The Labute approximate surface area is 157 Å². The molecule has 5 heteroatoms. The van der Waals surface area contributed by atoms with Gasteiger partial charge >= 0.3 is 5.97 Å². The Hall–Kier alpha value is -3.47. The normalized spacial score (nSPS) is 11.6. The minimum atomic E-state index is -0.611. The fourth-order valence-corrected chi connectivity index (χ4v) is 2.90. The summed E-state index contributed by atoms with van der Waals surface area (Å²) in [5.74, 6) is -0.992. The molecule has 0 aliphatic rings. The van der Waals surface area contributed by atoms with Gasteiger partial charge in [-0.05, 0) is 35.4 Å². The molecule has 0 saturated heterocycles. The summed E-state index contributed by atoms with van der Waals surface area (Å²) in [6, 6.07) is 19.7. The molecule has 0 bridgehead atoms. The van der Waals surface area contributed by atoms with E-state index < -0.39 is 5.97 Å². The maximum absolute atomic E-state index is 12.2. The van der Waals surface area contributed by atoms with E-state index in [9.17, 15) is 14.4 Å². The summed E-state index contributed by atoms with van der Waals surface area (Å²) in [5.41, 5.74) is 1.75. The topological polar surface area (TPSA) is 72.5 Å². The van der Waals surface area contributed by atoms with Gasteiger partial charge in [0.2, 0.25) is 0 Å². The van der Waals surface area contributed by atoms with E-state index in [2.05, 4.69) is 5.32 Å². The number of amides is 1. The third kappa shape index (κ3) is 4.39. The highest BCUT2D eigenvalue weighted by molar-refractivity contribution is 5.92. The number of esters is 1. The van der Waals surface area contributed by atoms with Crippen LogP contribution in [-0.4, -0.2) is 24.8 Å². The van der Waals surface area contributed by atoms with Crippen LogP contribution in [0.1, 0.15) is 39.2 Å². The van der Waals surface area contributed by atoms with Gasteiger partial charge in [0, 0.05) is 5.56 Å². The fourth-order valence-electron chi connectivity index (χ4n) is 2.90. The third-order valence-corrected chi connectivity index (χ3v) is 4.28. The molecule has 27 heavy (non-hydrogen) atoms. The zero-order valence-corrected chi connectivity index (χ0v) is 14.8. The van der Waals surface area contributed by atoms with Gasteiger partial charge in [-0.25, -0.2) is 4.79 Å². The molecule has 0 aliphatic heterocycles. The maximum atomic E-state index is 12.2. The summed E-state index contributed by atoms with van der Waals surface area (Å²) in [6.07, 6.45) is 0.692. The Morgan fingerprint density at radius 2 is 1.70 bits per heavy atom. The highest BCUT2D eigenvalue weighted by Crippen LogP contribution is 2.23. The van der Waals surface area contributed by atoms with E-state index >= 15 is 0 Å². The van der Waals surface area contributed by atoms with Crippen molar-refractivity contribution >= 4 is 28.9 Å². The number of aldehydes is 1. The van der Waals surface area contributed by atoms with Gasteiger partial charge in [0.15, 0.2) is 6.61 Å². The molecule has 0 aromatic heterocycles. The Morgan fingerprint density at radius 3 is 2.44 bits per heavy atom. The highest BCUT2D eigenvalue weighted by Gasteiger charge is 2.14. The number of rotatable bonds is 6. The number of nitrogens with one attached hydrogen (secondary N) is 1. The van der Waals surface area contributed by atoms with Crippen LogP contribution in [0.3, 0.4) is 0 Å². The first-order chi connectivity index (χ1) is 13.1. The SMILES string of the molecule is C[C@H](NC(=O)COC(=O)c1ccc(C=O)cc1)c1cccc2ccccc12. The first-order valence-corrected chi connectivity index (χ1v) is 8.58. The number of carbonyl (C=O) groups excluding carboxylic acids is 3. The van der Waals surface area contributed by atoms with Crippen LogP contribution in [0.4, 0.5) is 0 Å². The van der Waals surface area contributed by atoms with Crippen molar-refractivity contribution in [3.63, 3.8) is 0 Å². The number of hydrogen-bond donors (Lipinski definition) is 1. The molecular weight excluding hydrogens is 342 g/mol. The summed E-state index contributed by atoms with van der Waals surface area (Å²) >= 11 is 0. The Balaban J connectivity index is 1.59. The van der Waals surface area contributed by atoms with E-state index in [0.717, 1.165) is 16.3 Å². The molecule has 0 heterocycles. The van der Waals surface area contributed by atoms with Crippen molar-refractivity contribution in [1.82, 2.24) is 5.32 Å². The predicted octanol–water partition coefficient (Wildman–Crippen LogP) is 3.69. The lowest BCUT2D eigenvalue weighted by Gasteiger charge is -2.16. The van der Waals surface area contributed by atoms with E-state index in [-0.39, 0.29) is 24.1 Å². The van der Waals surface area contributed by atoms with Crippen molar-refractivity contribution in [1.29, 1.82) is 0 Å².